The number of nitrogen functional groups attached to an aromatic ring is 1. The van der Waals surface area contributed by atoms with Gasteiger partial charge in [-0.1, -0.05) is 13.8 Å². The number of benzene rings is 1. The molecule has 6 nitrogen and oxygen atoms in total. The molecule has 126 valence electrons. The molecule has 0 spiro atoms. The number of halogens is 1. The third kappa shape index (κ3) is 3.33. The van der Waals surface area contributed by atoms with E-state index in [1.54, 1.807) is 0 Å². The van der Waals surface area contributed by atoms with Crippen LogP contribution in [-0.4, -0.2) is 24.3 Å². The van der Waals surface area contributed by atoms with Crippen molar-refractivity contribution in [3.05, 3.63) is 41.5 Å². The second-order valence-corrected chi connectivity index (χ2v) is 5.60. The highest BCUT2D eigenvalue weighted by molar-refractivity contribution is 5.96. The van der Waals surface area contributed by atoms with E-state index >= 15 is 0 Å². The van der Waals surface area contributed by atoms with Gasteiger partial charge in [-0.25, -0.2) is 9.18 Å². The molecule has 0 amide bonds. The first-order valence-corrected chi connectivity index (χ1v) is 7.31. The molecule has 0 saturated heterocycles. The zero-order chi connectivity index (χ0) is 17.9. The van der Waals surface area contributed by atoms with E-state index in [0.29, 0.717) is 12.4 Å². The lowest BCUT2D eigenvalue weighted by Crippen LogP contribution is -2.13. The number of hydrogen-bond donors (Lipinski definition) is 1. The maximum atomic E-state index is 13.8. The van der Waals surface area contributed by atoms with E-state index in [4.69, 9.17) is 20.5 Å². The van der Waals surface area contributed by atoms with Crippen LogP contribution >= 0.6 is 0 Å². The van der Waals surface area contributed by atoms with Gasteiger partial charge < -0.3 is 19.8 Å². The maximum absolute atomic E-state index is 13.8. The van der Waals surface area contributed by atoms with E-state index in [1.807, 2.05) is 19.9 Å². The number of nitriles is 1. The Bertz CT molecular complexity index is 806. The van der Waals surface area contributed by atoms with Gasteiger partial charge in [0, 0.05) is 12.3 Å². The number of nitrogens with zero attached hydrogens (tertiary/aromatic N) is 2. The first-order valence-electron chi connectivity index (χ1n) is 7.31. The number of hydrogen-bond acceptors (Lipinski definition) is 5. The van der Waals surface area contributed by atoms with Gasteiger partial charge in [0.25, 0.3) is 0 Å². The summed E-state index contributed by atoms with van der Waals surface area (Å²) >= 11 is 0. The van der Waals surface area contributed by atoms with Crippen molar-refractivity contribution in [2.24, 2.45) is 5.92 Å². The molecule has 2 N–H and O–H groups in total. The Morgan fingerprint density at radius 1 is 1.46 bits per heavy atom. The van der Waals surface area contributed by atoms with Gasteiger partial charge in [0.1, 0.15) is 17.6 Å². The Morgan fingerprint density at radius 3 is 2.75 bits per heavy atom. The SMILES string of the molecule is COC(=O)c1c(N)c(C#N)cn1-c1cc(F)ccc1OCC(C)C. The number of methoxy groups -OCH3 is 1. The van der Waals surface area contributed by atoms with Crippen molar-refractivity contribution in [3.8, 4) is 17.5 Å². The van der Waals surface area contributed by atoms with Crippen LogP contribution in [0, 0.1) is 23.1 Å². The van der Waals surface area contributed by atoms with Crippen molar-refractivity contribution >= 4 is 11.7 Å². The van der Waals surface area contributed by atoms with E-state index in [2.05, 4.69) is 0 Å². The molecule has 0 aliphatic heterocycles. The lowest BCUT2D eigenvalue weighted by Gasteiger charge is -2.15. The van der Waals surface area contributed by atoms with Crippen molar-refractivity contribution in [3.63, 3.8) is 0 Å². The largest absolute Gasteiger partial charge is 0.491 e. The molecule has 0 fully saturated rings. The molecule has 1 heterocycles. The van der Waals surface area contributed by atoms with Crippen molar-refractivity contribution in [1.29, 1.82) is 5.26 Å². The van der Waals surface area contributed by atoms with Gasteiger partial charge in [-0.15, -0.1) is 0 Å². The van der Waals surface area contributed by atoms with Crippen LogP contribution in [0.25, 0.3) is 5.69 Å². The molecule has 1 aromatic carbocycles. The molecule has 2 aromatic rings. The third-order valence-corrected chi connectivity index (χ3v) is 3.30. The zero-order valence-corrected chi connectivity index (χ0v) is 13.7. The van der Waals surface area contributed by atoms with Crippen molar-refractivity contribution in [2.45, 2.75) is 13.8 Å². The minimum atomic E-state index is -0.729. The number of nitrogens with two attached hydrogens (primary N) is 1. The summed E-state index contributed by atoms with van der Waals surface area (Å²) in [7, 11) is 1.20. The standard InChI is InChI=1S/C17H18FN3O3/c1-10(2)9-24-14-5-4-12(18)6-13(14)21-8-11(7-19)15(20)16(21)17(22)23-3/h4-6,8,10H,9,20H2,1-3H3. The second kappa shape index (κ2) is 7.04. The van der Waals surface area contributed by atoms with Crippen LogP contribution in [0.2, 0.25) is 0 Å². The highest BCUT2D eigenvalue weighted by Crippen LogP contribution is 2.31. The topological polar surface area (TPSA) is 90.3 Å². The first-order chi connectivity index (χ1) is 11.4. The number of anilines is 1. The van der Waals surface area contributed by atoms with E-state index in [1.165, 1.54) is 36.1 Å². The summed E-state index contributed by atoms with van der Waals surface area (Å²) in [5.41, 5.74) is 6.15. The Morgan fingerprint density at radius 2 is 2.17 bits per heavy atom. The normalized spacial score (nSPS) is 10.5. The summed E-state index contributed by atoms with van der Waals surface area (Å²) in [5, 5.41) is 9.16. The highest BCUT2D eigenvalue weighted by atomic mass is 19.1. The summed E-state index contributed by atoms with van der Waals surface area (Å²) in [5.74, 6) is -0.612. The zero-order valence-electron chi connectivity index (χ0n) is 13.7. The minimum absolute atomic E-state index is 0.0246. The molecule has 0 aliphatic carbocycles. The first kappa shape index (κ1) is 17.3. The van der Waals surface area contributed by atoms with E-state index in [-0.39, 0.29) is 28.6 Å². The summed E-state index contributed by atoms with van der Waals surface area (Å²) in [6, 6.07) is 5.84. The van der Waals surface area contributed by atoms with Gasteiger partial charge in [-0.2, -0.15) is 5.26 Å². The molecule has 2 rings (SSSR count). The molecule has 0 unspecified atom stereocenters. The Hall–Kier alpha value is -3.01. The predicted octanol–water partition coefficient (Wildman–Crippen LogP) is 2.89. The van der Waals surface area contributed by atoms with E-state index in [0.717, 1.165) is 0 Å². The predicted molar refractivity (Wildman–Crippen MR) is 86.5 cm³/mol. The molecule has 0 radical (unpaired) electrons. The van der Waals surface area contributed by atoms with Gasteiger partial charge >= 0.3 is 5.97 Å². The fraction of sp³-hybridized carbons (Fsp3) is 0.294. The van der Waals surface area contributed by atoms with Crippen molar-refractivity contribution < 1.29 is 18.7 Å². The Kier molecular flexibility index (Phi) is 5.09. The third-order valence-electron chi connectivity index (χ3n) is 3.30. The van der Waals surface area contributed by atoms with Gasteiger partial charge in [0.2, 0.25) is 0 Å². The number of carbonyl (C=O) groups is 1. The lowest BCUT2D eigenvalue weighted by atomic mass is 10.2. The van der Waals surface area contributed by atoms with Crippen LogP contribution in [-0.2, 0) is 4.74 Å². The highest BCUT2D eigenvalue weighted by Gasteiger charge is 2.23. The van der Waals surface area contributed by atoms with Crippen molar-refractivity contribution in [1.82, 2.24) is 4.57 Å². The van der Waals surface area contributed by atoms with Crippen LogP contribution in [0.3, 0.4) is 0 Å². The number of aromatic nitrogens is 1. The van der Waals surface area contributed by atoms with Crippen LogP contribution in [0.5, 0.6) is 5.75 Å². The summed E-state index contributed by atoms with van der Waals surface area (Å²) in [6.45, 7) is 4.36. The van der Waals surface area contributed by atoms with Gasteiger partial charge in [-0.3, -0.25) is 0 Å². The smallest absolute Gasteiger partial charge is 0.357 e. The second-order valence-electron chi connectivity index (χ2n) is 5.60. The molecule has 0 atom stereocenters. The summed E-state index contributed by atoms with van der Waals surface area (Å²) < 4.78 is 25.5. The summed E-state index contributed by atoms with van der Waals surface area (Å²) in [4.78, 5) is 12.1. The van der Waals surface area contributed by atoms with Crippen LogP contribution in [0.4, 0.5) is 10.1 Å². The number of ether oxygens (including phenoxy) is 2. The van der Waals surface area contributed by atoms with Gasteiger partial charge in [0.05, 0.1) is 30.7 Å². The maximum Gasteiger partial charge on any atom is 0.357 e. The average Bonchev–Trinajstić information content (AvgIpc) is 2.89. The molecule has 7 heteroatoms. The monoisotopic (exact) mass is 331 g/mol. The van der Waals surface area contributed by atoms with E-state index < -0.39 is 11.8 Å². The van der Waals surface area contributed by atoms with Crippen LogP contribution in [0.1, 0.15) is 29.9 Å². The Labute approximate surface area is 139 Å². The molecule has 0 aliphatic rings. The lowest BCUT2D eigenvalue weighted by molar-refractivity contribution is 0.0593. The Balaban J connectivity index is 2.65. The molecular formula is C17H18FN3O3. The van der Waals surface area contributed by atoms with E-state index in [9.17, 15) is 9.18 Å². The van der Waals surface area contributed by atoms with Crippen LogP contribution in [0.15, 0.2) is 24.4 Å². The fourth-order valence-corrected chi connectivity index (χ4v) is 2.16. The molecule has 24 heavy (non-hydrogen) atoms. The van der Waals surface area contributed by atoms with Gasteiger partial charge in [0.15, 0.2) is 5.69 Å². The molecule has 1 aromatic heterocycles. The number of esters is 1. The molecular weight excluding hydrogens is 313 g/mol. The quantitative estimate of drug-likeness (QED) is 0.851. The minimum Gasteiger partial charge on any atom is -0.491 e. The van der Waals surface area contributed by atoms with Gasteiger partial charge in [-0.05, 0) is 18.1 Å². The number of carbonyl (C=O) groups excluding carboxylic acids is 1. The average molecular weight is 331 g/mol. The summed E-state index contributed by atoms with van der Waals surface area (Å²) in [6.07, 6.45) is 1.36. The van der Waals surface area contributed by atoms with Crippen LogP contribution < -0.4 is 10.5 Å². The van der Waals surface area contributed by atoms with Crippen molar-refractivity contribution in [2.75, 3.05) is 19.5 Å². The molecule has 0 bridgehead atoms. The fourth-order valence-electron chi connectivity index (χ4n) is 2.16. The molecule has 0 saturated carbocycles. The number of rotatable bonds is 5.